The van der Waals surface area contributed by atoms with Crippen LogP contribution < -0.4 is 0 Å². The zero-order valence-electron chi connectivity index (χ0n) is 17.4. The molecule has 3 nitrogen and oxygen atoms in total. The minimum absolute atomic E-state index is 0.353. The van der Waals surface area contributed by atoms with E-state index in [2.05, 4.69) is 41.2 Å². The van der Waals surface area contributed by atoms with Crippen molar-refractivity contribution in [3.63, 3.8) is 0 Å². The Morgan fingerprint density at radius 3 is 2.35 bits per heavy atom. The van der Waals surface area contributed by atoms with E-state index in [1.807, 2.05) is 0 Å². The lowest BCUT2D eigenvalue weighted by molar-refractivity contribution is -0.298. The molecule has 3 aliphatic rings. The van der Waals surface area contributed by atoms with E-state index in [1.165, 1.54) is 18.9 Å². The van der Waals surface area contributed by atoms with Gasteiger partial charge >= 0.3 is 5.97 Å². The summed E-state index contributed by atoms with van der Waals surface area (Å²) < 4.78 is 5.64. The third-order valence-corrected chi connectivity index (χ3v) is 8.95. The Morgan fingerprint density at radius 1 is 1.04 bits per heavy atom. The van der Waals surface area contributed by atoms with Crippen LogP contribution in [0.2, 0.25) is 0 Å². The minimum Gasteiger partial charge on any atom is -0.430 e. The Bertz CT molecular complexity index is 568. The van der Waals surface area contributed by atoms with Crippen LogP contribution >= 0.6 is 0 Å². The first-order valence-corrected chi connectivity index (χ1v) is 10.6. The van der Waals surface area contributed by atoms with E-state index in [1.54, 1.807) is 0 Å². The van der Waals surface area contributed by atoms with Crippen LogP contribution in [0, 0.1) is 40.4 Å². The number of carbonyl (C=O) groups excluding carboxylic acids is 1. The molecule has 0 amide bonds. The highest BCUT2D eigenvalue weighted by molar-refractivity contribution is 5.81. The Labute approximate surface area is 159 Å². The van der Waals surface area contributed by atoms with Gasteiger partial charge in [-0.2, -0.15) is 0 Å². The summed E-state index contributed by atoms with van der Waals surface area (Å²) in [5.74, 6) is 1.16. The Kier molecular flexibility index (Phi) is 5.10. The standard InChI is InChI=1S/C23H38O3/c1-7-20(24)26-23(25)13-10-16(3)19-14-17-9-8-15(2)18(21(17,4)5)11-12-22(19,23)6/h7,15-19,25H,1,8-14H2,2-6H3/t15-,16-,17+,18+,19-,22+,23?/m1/s1. The smallest absolute Gasteiger partial charge is 0.332 e. The second kappa shape index (κ2) is 6.65. The second-order valence-corrected chi connectivity index (χ2v) is 10.4. The zero-order chi connectivity index (χ0) is 19.3. The maximum absolute atomic E-state index is 12.0. The van der Waals surface area contributed by atoms with E-state index in [-0.39, 0.29) is 5.41 Å². The Balaban J connectivity index is 1.99. The fourth-order valence-electron chi connectivity index (χ4n) is 6.99. The van der Waals surface area contributed by atoms with Gasteiger partial charge in [-0.3, -0.25) is 0 Å². The number of fused-ring (bicyclic) bond motifs is 3. The molecule has 3 heteroatoms. The lowest BCUT2D eigenvalue weighted by Gasteiger charge is -2.60. The molecule has 0 heterocycles. The third-order valence-electron chi connectivity index (χ3n) is 8.95. The first-order valence-electron chi connectivity index (χ1n) is 10.6. The normalized spacial score (nSPS) is 47.8. The van der Waals surface area contributed by atoms with Crippen molar-refractivity contribution in [2.24, 2.45) is 40.4 Å². The highest BCUT2D eigenvalue weighted by Gasteiger charge is 2.61. The number of hydrogen-bond donors (Lipinski definition) is 1. The van der Waals surface area contributed by atoms with Gasteiger partial charge in [-0.1, -0.05) is 47.6 Å². The van der Waals surface area contributed by atoms with Crippen LogP contribution in [0.15, 0.2) is 12.7 Å². The molecule has 1 N–H and O–H groups in total. The fourth-order valence-corrected chi connectivity index (χ4v) is 6.99. The number of hydrogen-bond acceptors (Lipinski definition) is 3. The molecule has 3 saturated carbocycles. The van der Waals surface area contributed by atoms with Gasteiger partial charge in [0.25, 0.3) is 0 Å². The van der Waals surface area contributed by atoms with Crippen LogP contribution in [0.5, 0.6) is 0 Å². The van der Waals surface area contributed by atoms with Gasteiger partial charge in [-0.15, -0.1) is 0 Å². The Morgan fingerprint density at radius 2 is 1.69 bits per heavy atom. The first-order chi connectivity index (χ1) is 12.0. The molecule has 0 spiro atoms. The van der Waals surface area contributed by atoms with Crippen molar-refractivity contribution in [2.75, 3.05) is 0 Å². The molecule has 26 heavy (non-hydrogen) atoms. The summed E-state index contributed by atoms with van der Waals surface area (Å²) in [6.45, 7) is 15.4. The predicted octanol–water partition coefficient (Wildman–Crippen LogP) is 5.33. The Hall–Kier alpha value is -0.830. The average Bonchev–Trinajstić information content (AvgIpc) is 2.56. The van der Waals surface area contributed by atoms with Gasteiger partial charge < -0.3 is 9.84 Å². The number of esters is 1. The summed E-state index contributed by atoms with van der Waals surface area (Å²) >= 11 is 0. The molecule has 0 aromatic rings. The van der Waals surface area contributed by atoms with Crippen molar-refractivity contribution in [2.45, 2.75) is 85.4 Å². The molecule has 3 rings (SSSR count). The highest BCUT2D eigenvalue weighted by Crippen LogP contribution is 2.62. The molecule has 0 radical (unpaired) electrons. The van der Waals surface area contributed by atoms with Crippen molar-refractivity contribution in [3.8, 4) is 0 Å². The first kappa shape index (κ1) is 19.9. The molecular weight excluding hydrogens is 324 g/mol. The summed E-state index contributed by atoms with van der Waals surface area (Å²) in [7, 11) is 0. The molecule has 0 aliphatic heterocycles. The van der Waals surface area contributed by atoms with E-state index in [0.717, 1.165) is 31.6 Å². The van der Waals surface area contributed by atoms with Crippen molar-refractivity contribution in [1.82, 2.24) is 0 Å². The molecule has 1 unspecified atom stereocenters. The molecule has 3 fully saturated rings. The topological polar surface area (TPSA) is 46.5 Å². The summed E-state index contributed by atoms with van der Waals surface area (Å²) in [6, 6.07) is 0. The van der Waals surface area contributed by atoms with Crippen molar-refractivity contribution < 1.29 is 14.6 Å². The van der Waals surface area contributed by atoms with Gasteiger partial charge in [0.1, 0.15) is 0 Å². The zero-order valence-corrected chi connectivity index (χ0v) is 17.4. The van der Waals surface area contributed by atoms with E-state index in [0.29, 0.717) is 35.5 Å². The van der Waals surface area contributed by atoms with Crippen LogP contribution in [-0.4, -0.2) is 16.9 Å². The lowest BCUT2D eigenvalue weighted by Crippen LogP contribution is -2.60. The maximum Gasteiger partial charge on any atom is 0.332 e. The minimum atomic E-state index is -1.37. The van der Waals surface area contributed by atoms with Crippen LogP contribution in [-0.2, 0) is 9.53 Å². The highest BCUT2D eigenvalue weighted by atomic mass is 16.7. The largest absolute Gasteiger partial charge is 0.430 e. The van der Waals surface area contributed by atoms with Crippen molar-refractivity contribution in [3.05, 3.63) is 12.7 Å². The molecule has 2 bridgehead atoms. The molecule has 148 valence electrons. The molecular formula is C23H38O3. The number of carbonyl (C=O) groups is 1. The lowest BCUT2D eigenvalue weighted by atomic mass is 9.47. The molecule has 0 aromatic heterocycles. The summed E-state index contributed by atoms with van der Waals surface area (Å²) in [5.41, 5.74) is -0.0283. The molecule has 0 saturated heterocycles. The van der Waals surface area contributed by atoms with Crippen LogP contribution in [0.25, 0.3) is 0 Å². The van der Waals surface area contributed by atoms with Gasteiger partial charge in [0.2, 0.25) is 5.79 Å². The van der Waals surface area contributed by atoms with E-state index in [4.69, 9.17) is 4.74 Å². The monoisotopic (exact) mass is 362 g/mol. The van der Waals surface area contributed by atoms with Gasteiger partial charge in [-0.05, 0) is 67.1 Å². The van der Waals surface area contributed by atoms with Gasteiger partial charge in [0, 0.05) is 17.9 Å². The van der Waals surface area contributed by atoms with Crippen LogP contribution in [0.1, 0.15) is 79.6 Å². The quantitative estimate of drug-likeness (QED) is 0.410. The number of ether oxygens (including phenoxy) is 1. The van der Waals surface area contributed by atoms with Crippen LogP contribution in [0.3, 0.4) is 0 Å². The number of aliphatic hydroxyl groups is 1. The van der Waals surface area contributed by atoms with E-state index >= 15 is 0 Å². The fraction of sp³-hybridized carbons (Fsp3) is 0.870. The summed E-state index contributed by atoms with van der Waals surface area (Å²) in [5, 5.41) is 11.5. The van der Waals surface area contributed by atoms with Gasteiger partial charge in [0.05, 0.1) is 0 Å². The number of rotatable bonds is 2. The predicted molar refractivity (Wildman–Crippen MR) is 104 cm³/mol. The average molecular weight is 363 g/mol. The van der Waals surface area contributed by atoms with Crippen LogP contribution in [0.4, 0.5) is 0 Å². The second-order valence-electron chi connectivity index (χ2n) is 10.4. The van der Waals surface area contributed by atoms with Gasteiger partial charge in [-0.25, -0.2) is 4.79 Å². The van der Waals surface area contributed by atoms with E-state index < -0.39 is 11.8 Å². The van der Waals surface area contributed by atoms with Crippen molar-refractivity contribution in [1.29, 1.82) is 0 Å². The van der Waals surface area contributed by atoms with Gasteiger partial charge in [0.15, 0.2) is 0 Å². The molecule has 0 aromatic carbocycles. The maximum atomic E-state index is 12.0. The van der Waals surface area contributed by atoms with Crippen molar-refractivity contribution >= 4 is 5.97 Å². The molecule has 7 atom stereocenters. The SMILES string of the molecule is C=CC(=O)OC1(O)CC[C@@H](C)[C@H]2C[C@@H]3CC[C@@H](C)[C@H](CC[C@@]21C)C3(C)C. The van der Waals surface area contributed by atoms with E-state index in [9.17, 15) is 9.90 Å². The third kappa shape index (κ3) is 2.95. The summed E-state index contributed by atoms with van der Waals surface area (Å²) in [4.78, 5) is 12.0. The summed E-state index contributed by atoms with van der Waals surface area (Å²) in [6.07, 6.45) is 8.41. The molecule has 3 aliphatic carbocycles.